The number of benzene rings is 2. The predicted octanol–water partition coefficient (Wildman–Crippen LogP) is 6.52. The van der Waals surface area contributed by atoms with Gasteiger partial charge in [0.15, 0.2) is 0 Å². The first kappa shape index (κ1) is 29.0. The van der Waals surface area contributed by atoms with Crippen LogP contribution in [-0.2, 0) is 11.2 Å². The minimum absolute atomic E-state index is 0.111. The van der Waals surface area contributed by atoms with Crippen LogP contribution in [0.25, 0.3) is 28.0 Å². The van der Waals surface area contributed by atoms with Crippen LogP contribution in [0.4, 0.5) is 21.7 Å². The lowest BCUT2D eigenvalue weighted by molar-refractivity contribution is -0.115. The number of rotatable bonds is 11. The molecule has 0 saturated carbocycles. The van der Waals surface area contributed by atoms with E-state index in [0.29, 0.717) is 47.1 Å². The van der Waals surface area contributed by atoms with Crippen molar-refractivity contribution in [2.45, 2.75) is 6.42 Å². The van der Waals surface area contributed by atoms with Crippen LogP contribution < -0.4 is 15.4 Å². The Hall–Kier alpha value is -5.13. The van der Waals surface area contributed by atoms with Crippen molar-refractivity contribution in [1.82, 2.24) is 24.5 Å². The van der Waals surface area contributed by atoms with Crippen molar-refractivity contribution in [3.05, 3.63) is 107 Å². The first-order valence-corrected chi connectivity index (χ1v) is 14.9. The van der Waals surface area contributed by atoms with Crippen LogP contribution in [0, 0.1) is 5.82 Å². The average Bonchev–Trinajstić information content (AvgIpc) is 3.65. The summed E-state index contributed by atoms with van der Waals surface area (Å²) < 4.78 is 21.6. The standard InChI is InChI=1S/C33H30FN7O2S/c1-40(2)15-16-43-26-9-4-8-25(19-26)37-33-35-14-13-28(38-33)31-29-12-11-23(34)21-41(29)39-32(31)22-6-3-7-24(18-22)36-30(42)20-27-10-5-17-44-27/h3-14,17-19,21H,15-16,20H2,1-2H3,(H,36,42)(H,35,37,38). The van der Waals surface area contributed by atoms with Gasteiger partial charge in [-0.15, -0.1) is 11.3 Å². The number of nitrogens with zero attached hydrogens (tertiary/aromatic N) is 5. The molecule has 0 aliphatic rings. The molecule has 0 aliphatic heterocycles. The average molecular weight is 608 g/mol. The van der Waals surface area contributed by atoms with E-state index in [9.17, 15) is 9.18 Å². The van der Waals surface area contributed by atoms with Gasteiger partial charge >= 0.3 is 0 Å². The highest BCUT2D eigenvalue weighted by molar-refractivity contribution is 7.10. The van der Waals surface area contributed by atoms with Crippen LogP contribution in [0.1, 0.15) is 4.88 Å². The molecule has 0 aliphatic carbocycles. The summed E-state index contributed by atoms with van der Waals surface area (Å²) in [6, 6.07) is 23.8. The van der Waals surface area contributed by atoms with E-state index in [0.717, 1.165) is 28.4 Å². The Bertz CT molecular complexity index is 1910. The van der Waals surface area contributed by atoms with E-state index >= 15 is 0 Å². The molecule has 2 aromatic carbocycles. The monoisotopic (exact) mass is 607 g/mol. The molecule has 2 N–H and O–H groups in total. The zero-order chi connectivity index (χ0) is 30.5. The van der Waals surface area contributed by atoms with Crippen LogP contribution in [0.3, 0.4) is 0 Å². The Morgan fingerprint density at radius 2 is 1.89 bits per heavy atom. The third-order valence-electron chi connectivity index (χ3n) is 6.74. The summed E-state index contributed by atoms with van der Waals surface area (Å²) in [4.78, 5) is 25.0. The number of fused-ring (bicyclic) bond motifs is 1. The summed E-state index contributed by atoms with van der Waals surface area (Å²) in [6.07, 6.45) is 3.29. The molecule has 0 atom stereocenters. The third kappa shape index (κ3) is 6.91. The van der Waals surface area contributed by atoms with Gasteiger partial charge in [0.2, 0.25) is 11.9 Å². The molecule has 4 heterocycles. The Morgan fingerprint density at radius 3 is 2.73 bits per heavy atom. The zero-order valence-electron chi connectivity index (χ0n) is 24.2. The lowest BCUT2D eigenvalue weighted by Gasteiger charge is -2.12. The number of likely N-dealkylation sites (N-methyl/N-ethyl adjacent to an activating group) is 1. The van der Waals surface area contributed by atoms with Gasteiger partial charge in [-0.05, 0) is 68.0 Å². The largest absolute Gasteiger partial charge is 0.492 e. The molecule has 0 saturated heterocycles. The van der Waals surface area contributed by atoms with E-state index in [1.54, 1.807) is 29.7 Å². The first-order chi connectivity index (χ1) is 21.4. The molecule has 0 unspecified atom stereocenters. The first-order valence-electron chi connectivity index (χ1n) is 14.0. The highest BCUT2D eigenvalue weighted by atomic mass is 32.1. The van der Waals surface area contributed by atoms with Crippen molar-refractivity contribution in [3.8, 4) is 28.3 Å². The highest BCUT2D eigenvalue weighted by Gasteiger charge is 2.19. The van der Waals surface area contributed by atoms with E-state index in [4.69, 9.17) is 14.8 Å². The minimum atomic E-state index is -0.412. The van der Waals surface area contributed by atoms with Crippen LogP contribution in [-0.4, -0.2) is 57.6 Å². The van der Waals surface area contributed by atoms with Crippen molar-refractivity contribution in [2.24, 2.45) is 0 Å². The van der Waals surface area contributed by atoms with Crippen LogP contribution >= 0.6 is 11.3 Å². The number of amides is 1. The van der Waals surface area contributed by atoms with Crippen molar-refractivity contribution in [3.63, 3.8) is 0 Å². The number of aromatic nitrogens is 4. The third-order valence-corrected chi connectivity index (χ3v) is 7.61. The maximum atomic E-state index is 14.2. The van der Waals surface area contributed by atoms with Gasteiger partial charge in [0, 0.05) is 40.6 Å². The lowest BCUT2D eigenvalue weighted by Crippen LogP contribution is -2.19. The second kappa shape index (κ2) is 13.0. The van der Waals surface area contributed by atoms with Gasteiger partial charge in [-0.25, -0.2) is 18.9 Å². The summed E-state index contributed by atoms with van der Waals surface area (Å²) in [5.41, 5.74) is 4.73. The van der Waals surface area contributed by atoms with E-state index < -0.39 is 5.82 Å². The predicted molar refractivity (Wildman–Crippen MR) is 172 cm³/mol. The molecule has 1 amide bonds. The fraction of sp³-hybridized carbons (Fsp3) is 0.152. The number of ether oxygens (including phenoxy) is 1. The van der Waals surface area contributed by atoms with Gasteiger partial charge in [-0.3, -0.25) is 4.79 Å². The van der Waals surface area contributed by atoms with E-state index in [2.05, 4.69) is 20.5 Å². The van der Waals surface area contributed by atoms with Gasteiger partial charge in [0.05, 0.1) is 29.4 Å². The number of carbonyl (C=O) groups excluding carboxylic acids is 1. The second-order valence-electron chi connectivity index (χ2n) is 10.4. The molecule has 4 aromatic heterocycles. The number of hydrogen-bond acceptors (Lipinski definition) is 8. The number of carbonyl (C=O) groups is 1. The molecule has 6 aromatic rings. The number of thiophene rings is 1. The van der Waals surface area contributed by atoms with Gasteiger partial charge in [0.25, 0.3) is 0 Å². The summed E-state index contributed by atoms with van der Waals surface area (Å²) in [5.74, 6) is 0.600. The van der Waals surface area contributed by atoms with Crippen molar-refractivity contribution in [1.29, 1.82) is 0 Å². The van der Waals surface area contributed by atoms with Crippen molar-refractivity contribution < 1.29 is 13.9 Å². The highest BCUT2D eigenvalue weighted by Crippen LogP contribution is 2.36. The maximum Gasteiger partial charge on any atom is 0.229 e. The minimum Gasteiger partial charge on any atom is -0.492 e. The molecule has 0 spiro atoms. The Balaban J connectivity index is 1.31. The smallest absolute Gasteiger partial charge is 0.229 e. The summed E-state index contributed by atoms with van der Waals surface area (Å²) in [6.45, 7) is 1.37. The van der Waals surface area contributed by atoms with Crippen LogP contribution in [0.2, 0.25) is 0 Å². The lowest BCUT2D eigenvalue weighted by atomic mass is 10.0. The van der Waals surface area contributed by atoms with Crippen molar-refractivity contribution in [2.75, 3.05) is 37.9 Å². The Labute approximate surface area is 258 Å². The van der Waals surface area contributed by atoms with Crippen LogP contribution in [0.15, 0.2) is 96.6 Å². The number of hydrogen-bond donors (Lipinski definition) is 2. The van der Waals surface area contributed by atoms with E-state index in [1.165, 1.54) is 16.8 Å². The summed E-state index contributed by atoms with van der Waals surface area (Å²) in [7, 11) is 4.00. The number of anilines is 3. The molecular formula is C33H30FN7O2S. The summed E-state index contributed by atoms with van der Waals surface area (Å²) in [5, 5.41) is 12.9. The molecule has 222 valence electrons. The normalized spacial score (nSPS) is 11.2. The molecule has 0 fully saturated rings. The van der Waals surface area contributed by atoms with Crippen molar-refractivity contribution >= 4 is 40.1 Å². The van der Waals surface area contributed by atoms with Gasteiger partial charge < -0.3 is 20.3 Å². The molecule has 0 radical (unpaired) electrons. The number of halogens is 1. The van der Waals surface area contributed by atoms with E-state index in [-0.39, 0.29) is 5.91 Å². The quantitative estimate of drug-likeness (QED) is 0.173. The van der Waals surface area contributed by atoms with Crippen LogP contribution in [0.5, 0.6) is 5.75 Å². The van der Waals surface area contributed by atoms with Gasteiger partial charge in [0.1, 0.15) is 23.9 Å². The number of pyridine rings is 1. The topological polar surface area (TPSA) is 96.7 Å². The fourth-order valence-corrected chi connectivity index (χ4v) is 5.40. The summed E-state index contributed by atoms with van der Waals surface area (Å²) >= 11 is 1.54. The Kier molecular flexibility index (Phi) is 8.57. The molecule has 9 nitrogen and oxygen atoms in total. The zero-order valence-corrected chi connectivity index (χ0v) is 25.0. The fourth-order valence-electron chi connectivity index (χ4n) is 4.70. The van der Waals surface area contributed by atoms with E-state index in [1.807, 2.05) is 80.1 Å². The maximum absolute atomic E-state index is 14.2. The number of nitrogens with one attached hydrogen (secondary N) is 2. The van der Waals surface area contributed by atoms with Gasteiger partial charge in [-0.1, -0.05) is 24.3 Å². The molecule has 0 bridgehead atoms. The second-order valence-corrected chi connectivity index (χ2v) is 11.4. The van der Waals surface area contributed by atoms with Gasteiger partial charge in [-0.2, -0.15) is 5.10 Å². The molecule has 11 heteroatoms. The SMILES string of the molecule is CN(C)CCOc1cccc(Nc2nccc(-c3c(-c4cccc(NC(=O)Cc5cccs5)c4)nn4cc(F)ccc34)n2)c1. The Morgan fingerprint density at radius 1 is 1.02 bits per heavy atom. The molecular weight excluding hydrogens is 577 g/mol. The molecule has 6 rings (SSSR count). The molecule has 44 heavy (non-hydrogen) atoms.